The molecular formula is C22H31N5O6S. The van der Waals surface area contributed by atoms with Gasteiger partial charge < -0.3 is 36.9 Å². The van der Waals surface area contributed by atoms with E-state index in [0.717, 1.165) is 16.5 Å². The number of aliphatic carboxylic acids is 1. The molecule has 12 heteroatoms. The third kappa shape index (κ3) is 7.47. The Morgan fingerprint density at radius 3 is 2.35 bits per heavy atom. The summed E-state index contributed by atoms with van der Waals surface area (Å²) >= 11 is 1.47. The maximum absolute atomic E-state index is 13.1. The molecule has 11 nitrogen and oxygen atoms in total. The van der Waals surface area contributed by atoms with E-state index in [9.17, 15) is 19.2 Å². The van der Waals surface area contributed by atoms with Crippen molar-refractivity contribution in [3.63, 3.8) is 0 Å². The van der Waals surface area contributed by atoms with Crippen molar-refractivity contribution in [2.75, 3.05) is 18.6 Å². The number of aliphatic hydroxyl groups is 1. The first kappa shape index (κ1) is 27.2. The van der Waals surface area contributed by atoms with E-state index >= 15 is 0 Å². The quantitative estimate of drug-likeness (QED) is 0.192. The SMILES string of the molecule is CSCCC(NC(=O)C(N)CO)C(=O)NC(Cc1c[nH]c2ccccc12)C(=O)NC(C)C(=O)O. The molecular weight excluding hydrogens is 462 g/mol. The van der Waals surface area contributed by atoms with Crippen LogP contribution in [0, 0.1) is 0 Å². The molecule has 186 valence electrons. The number of hydrogen-bond acceptors (Lipinski definition) is 7. The Kier molecular flexibility index (Phi) is 10.4. The summed E-state index contributed by atoms with van der Waals surface area (Å²) in [4.78, 5) is 52.5. The molecule has 3 amide bonds. The highest BCUT2D eigenvalue weighted by Crippen LogP contribution is 2.19. The van der Waals surface area contributed by atoms with Gasteiger partial charge in [0.1, 0.15) is 24.2 Å². The number of carboxylic acid groups (broad SMARTS) is 1. The molecule has 0 saturated heterocycles. The molecule has 0 bridgehead atoms. The molecule has 2 rings (SSSR count). The number of nitrogens with two attached hydrogens (primary N) is 1. The molecule has 1 heterocycles. The van der Waals surface area contributed by atoms with Crippen molar-refractivity contribution in [3.05, 3.63) is 36.0 Å². The van der Waals surface area contributed by atoms with Gasteiger partial charge in [0.15, 0.2) is 0 Å². The van der Waals surface area contributed by atoms with Crippen molar-refractivity contribution in [3.8, 4) is 0 Å². The number of benzene rings is 1. The zero-order valence-electron chi connectivity index (χ0n) is 19.0. The molecule has 0 aliphatic rings. The lowest BCUT2D eigenvalue weighted by Gasteiger charge is -2.24. The van der Waals surface area contributed by atoms with Crippen LogP contribution in [-0.4, -0.2) is 81.7 Å². The van der Waals surface area contributed by atoms with Crippen LogP contribution in [0.5, 0.6) is 0 Å². The van der Waals surface area contributed by atoms with E-state index in [1.165, 1.54) is 18.7 Å². The zero-order chi connectivity index (χ0) is 25.3. The summed E-state index contributed by atoms with van der Waals surface area (Å²) < 4.78 is 0. The first-order chi connectivity index (χ1) is 16.2. The lowest BCUT2D eigenvalue weighted by atomic mass is 10.0. The van der Waals surface area contributed by atoms with Gasteiger partial charge in [-0.05, 0) is 37.0 Å². The minimum Gasteiger partial charge on any atom is -0.480 e. The molecule has 4 atom stereocenters. The summed E-state index contributed by atoms with van der Waals surface area (Å²) in [7, 11) is 0. The van der Waals surface area contributed by atoms with E-state index in [4.69, 9.17) is 15.9 Å². The number of carboxylic acids is 1. The van der Waals surface area contributed by atoms with Crippen LogP contribution in [0.3, 0.4) is 0 Å². The average molecular weight is 494 g/mol. The minimum absolute atomic E-state index is 0.0905. The number of H-pyrrole nitrogens is 1. The normalized spacial score (nSPS) is 14.6. The Balaban J connectivity index is 2.26. The Hall–Kier alpha value is -3.09. The van der Waals surface area contributed by atoms with Gasteiger partial charge in [0, 0.05) is 23.5 Å². The smallest absolute Gasteiger partial charge is 0.325 e. The monoisotopic (exact) mass is 493 g/mol. The van der Waals surface area contributed by atoms with E-state index < -0.39 is 54.5 Å². The Morgan fingerprint density at radius 2 is 1.71 bits per heavy atom. The highest BCUT2D eigenvalue weighted by atomic mass is 32.2. The highest BCUT2D eigenvalue weighted by molar-refractivity contribution is 7.98. The van der Waals surface area contributed by atoms with Crippen LogP contribution in [0.4, 0.5) is 0 Å². The number of hydrogen-bond donors (Lipinski definition) is 7. The van der Waals surface area contributed by atoms with Gasteiger partial charge >= 0.3 is 5.97 Å². The van der Waals surface area contributed by atoms with Crippen LogP contribution in [0.2, 0.25) is 0 Å². The number of para-hydroxylation sites is 1. The van der Waals surface area contributed by atoms with Gasteiger partial charge in [-0.25, -0.2) is 0 Å². The molecule has 0 fully saturated rings. The first-order valence-electron chi connectivity index (χ1n) is 10.7. The van der Waals surface area contributed by atoms with Gasteiger partial charge in [-0.1, -0.05) is 18.2 Å². The van der Waals surface area contributed by atoms with Crippen LogP contribution in [-0.2, 0) is 25.6 Å². The number of nitrogens with one attached hydrogen (secondary N) is 4. The predicted molar refractivity (Wildman–Crippen MR) is 129 cm³/mol. The molecule has 34 heavy (non-hydrogen) atoms. The van der Waals surface area contributed by atoms with E-state index in [0.29, 0.717) is 5.75 Å². The predicted octanol–water partition coefficient (Wildman–Crippen LogP) is -0.658. The second-order valence-corrected chi connectivity index (χ2v) is 8.81. The van der Waals surface area contributed by atoms with E-state index in [2.05, 4.69) is 20.9 Å². The minimum atomic E-state index is -1.21. The number of carbonyl (C=O) groups excluding carboxylic acids is 3. The van der Waals surface area contributed by atoms with Crippen molar-refractivity contribution in [1.29, 1.82) is 0 Å². The average Bonchev–Trinajstić information content (AvgIpc) is 3.23. The third-order valence-electron chi connectivity index (χ3n) is 5.24. The molecule has 0 aliphatic carbocycles. The number of thioether (sulfide) groups is 1. The van der Waals surface area contributed by atoms with Gasteiger partial charge in [-0.15, -0.1) is 0 Å². The third-order valence-corrected chi connectivity index (χ3v) is 5.88. The van der Waals surface area contributed by atoms with E-state index in [1.807, 2.05) is 30.5 Å². The number of aromatic amines is 1. The number of amides is 3. The second kappa shape index (κ2) is 13.0. The Labute approximate surface area is 201 Å². The van der Waals surface area contributed by atoms with Gasteiger partial charge in [0.25, 0.3) is 0 Å². The summed E-state index contributed by atoms with van der Waals surface area (Å²) in [5.74, 6) is -2.65. The van der Waals surface area contributed by atoms with Crippen molar-refractivity contribution < 1.29 is 29.4 Å². The molecule has 1 aromatic heterocycles. The number of fused-ring (bicyclic) bond motifs is 1. The van der Waals surface area contributed by atoms with Gasteiger partial charge in [-0.2, -0.15) is 11.8 Å². The largest absolute Gasteiger partial charge is 0.480 e. The number of aliphatic hydroxyl groups excluding tert-OH is 1. The summed E-state index contributed by atoms with van der Waals surface area (Å²) in [5.41, 5.74) is 7.15. The fourth-order valence-corrected chi connectivity index (χ4v) is 3.72. The number of carbonyl (C=O) groups is 4. The summed E-state index contributed by atoms with van der Waals surface area (Å²) in [5, 5.41) is 26.7. The van der Waals surface area contributed by atoms with Gasteiger partial charge in [0.2, 0.25) is 17.7 Å². The van der Waals surface area contributed by atoms with Crippen molar-refractivity contribution in [2.45, 2.75) is 43.9 Å². The van der Waals surface area contributed by atoms with Crippen LogP contribution in [0.15, 0.2) is 30.5 Å². The first-order valence-corrected chi connectivity index (χ1v) is 12.1. The topological polar surface area (TPSA) is 187 Å². The standard InChI is InChI=1S/C22H31N5O6S/c1-12(22(32)33)25-21(31)18(9-13-10-24-16-6-4-3-5-14(13)16)27-20(30)17(7-8-34-2)26-19(29)15(23)11-28/h3-6,10,12,15,17-18,24,28H,7-9,11,23H2,1-2H3,(H,25,31)(H,26,29)(H,27,30)(H,32,33). The Morgan fingerprint density at radius 1 is 1.06 bits per heavy atom. The molecule has 0 aliphatic heterocycles. The van der Waals surface area contributed by atoms with Gasteiger partial charge in [-0.3, -0.25) is 19.2 Å². The maximum atomic E-state index is 13.1. The van der Waals surface area contributed by atoms with Crippen LogP contribution in [0.25, 0.3) is 10.9 Å². The Bertz CT molecular complexity index is 1010. The van der Waals surface area contributed by atoms with E-state index in [1.54, 1.807) is 6.20 Å². The molecule has 2 aromatic rings. The van der Waals surface area contributed by atoms with Crippen LogP contribution in [0.1, 0.15) is 18.9 Å². The van der Waals surface area contributed by atoms with Crippen molar-refractivity contribution >= 4 is 46.4 Å². The fraction of sp³-hybridized carbons (Fsp3) is 0.455. The highest BCUT2D eigenvalue weighted by Gasteiger charge is 2.29. The maximum Gasteiger partial charge on any atom is 0.325 e. The number of aromatic nitrogens is 1. The molecule has 0 saturated carbocycles. The van der Waals surface area contributed by atoms with Crippen LogP contribution >= 0.6 is 11.8 Å². The number of rotatable bonds is 13. The molecule has 8 N–H and O–H groups in total. The lowest BCUT2D eigenvalue weighted by molar-refractivity contribution is -0.141. The van der Waals surface area contributed by atoms with Crippen LogP contribution < -0.4 is 21.7 Å². The fourth-order valence-electron chi connectivity index (χ4n) is 3.24. The summed E-state index contributed by atoms with van der Waals surface area (Å²) in [6, 6.07) is 3.00. The molecule has 4 unspecified atom stereocenters. The summed E-state index contributed by atoms with van der Waals surface area (Å²) in [6.45, 7) is 0.740. The van der Waals surface area contributed by atoms with Gasteiger partial charge in [0.05, 0.1) is 6.61 Å². The summed E-state index contributed by atoms with van der Waals surface area (Å²) in [6.07, 6.45) is 3.93. The van der Waals surface area contributed by atoms with E-state index in [-0.39, 0.29) is 12.8 Å². The lowest BCUT2D eigenvalue weighted by Crippen LogP contribution is -2.57. The molecule has 0 radical (unpaired) electrons. The molecule has 0 spiro atoms. The van der Waals surface area contributed by atoms with Crippen molar-refractivity contribution in [2.24, 2.45) is 5.73 Å². The second-order valence-electron chi connectivity index (χ2n) is 7.83. The van der Waals surface area contributed by atoms with Crippen molar-refractivity contribution in [1.82, 2.24) is 20.9 Å². The zero-order valence-corrected chi connectivity index (χ0v) is 19.9. The molecule has 1 aromatic carbocycles.